The van der Waals surface area contributed by atoms with Gasteiger partial charge >= 0.3 is 0 Å². The largest absolute Gasteiger partial charge is 0.368 e. The van der Waals surface area contributed by atoms with Crippen LogP contribution in [0.3, 0.4) is 0 Å². The normalized spacial score (nSPS) is 19.1. The van der Waals surface area contributed by atoms with E-state index in [1.807, 2.05) is 44.7 Å². The molecule has 0 radical (unpaired) electrons. The van der Waals surface area contributed by atoms with Crippen molar-refractivity contribution in [3.8, 4) is 0 Å². The predicted molar refractivity (Wildman–Crippen MR) is 124 cm³/mol. The molecule has 30 heavy (non-hydrogen) atoms. The molecule has 1 heterocycles. The minimum Gasteiger partial charge on any atom is -0.368 e. The van der Waals surface area contributed by atoms with E-state index in [1.165, 1.54) is 12.3 Å². The van der Waals surface area contributed by atoms with E-state index in [-0.39, 0.29) is 23.7 Å². The molecule has 1 atom stereocenters. The summed E-state index contributed by atoms with van der Waals surface area (Å²) in [4.78, 5) is 21.1. The van der Waals surface area contributed by atoms with Crippen LogP contribution in [0.5, 0.6) is 0 Å². The Bertz CT molecular complexity index is 882. The number of nitrogens with zero attached hydrogens (tertiary/aromatic N) is 3. The molecule has 0 N–H and O–H groups in total. The van der Waals surface area contributed by atoms with E-state index in [2.05, 4.69) is 30.3 Å². The Labute approximate surface area is 180 Å². The van der Waals surface area contributed by atoms with Crippen molar-refractivity contribution < 1.29 is 9.18 Å². The first-order valence-electron chi connectivity index (χ1n) is 10.6. The van der Waals surface area contributed by atoms with Crippen molar-refractivity contribution in [1.82, 2.24) is 9.80 Å². The van der Waals surface area contributed by atoms with Gasteiger partial charge in [-0.05, 0) is 39.3 Å². The second-order valence-corrected chi connectivity index (χ2v) is 8.02. The molecule has 0 aromatic heterocycles. The summed E-state index contributed by atoms with van der Waals surface area (Å²) in [6.07, 6.45) is 3.45. The van der Waals surface area contributed by atoms with Gasteiger partial charge in [0.1, 0.15) is 5.82 Å². The Hall–Kier alpha value is -2.69. The number of hydrogen-bond acceptors (Lipinski definition) is 3. The Morgan fingerprint density at radius 1 is 1.27 bits per heavy atom. The van der Waals surface area contributed by atoms with E-state index < -0.39 is 0 Å². The van der Waals surface area contributed by atoms with Crippen molar-refractivity contribution in [2.75, 3.05) is 19.6 Å². The zero-order valence-corrected chi connectivity index (χ0v) is 19.1. The molecule has 1 aromatic carbocycles. The minimum atomic E-state index is -0.261. The van der Waals surface area contributed by atoms with E-state index in [1.54, 1.807) is 12.1 Å². The number of carbonyl (C=O) groups is 1. The highest BCUT2D eigenvalue weighted by Gasteiger charge is 2.30. The van der Waals surface area contributed by atoms with E-state index >= 15 is 0 Å². The molecule has 0 aliphatic carbocycles. The fourth-order valence-corrected chi connectivity index (χ4v) is 4.13. The first-order valence-corrected chi connectivity index (χ1v) is 10.6. The van der Waals surface area contributed by atoms with Crippen LogP contribution in [-0.4, -0.2) is 47.1 Å². The molecule has 4 nitrogen and oxygen atoms in total. The number of rotatable bonds is 6. The van der Waals surface area contributed by atoms with E-state index in [0.717, 1.165) is 29.1 Å². The van der Waals surface area contributed by atoms with Gasteiger partial charge in [0.25, 0.3) is 0 Å². The summed E-state index contributed by atoms with van der Waals surface area (Å²) < 4.78 is 14.7. The third-order valence-corrected chi connectivity index (χ3v) is 5.59. The summed E-state index contributed by atoms with van der Waals surface area (Å²) in [5, 5.41) is 0. The maximum atomic E-state index is 14.7. The highest BCUT2D eigenvalue weighted by molar-refractivity contribution is 6.12. The molecule has 1 unspecified atom stereocenters. The van der Waals surface area contributed by atoms with Gasteiger partial charge in [-0.15, -0.1) is 0 Å². The van der Waals surface area contributed by atoms with E-state index in [4.69, 9.17) is 0 Å². The van der Waals surface area contributed by atoms with Crippen LogP contribution in [0.15, 0.2) is 59.4 Å². The average Bonchev–Trinajstić information content (AvgIpc) is 2.71. The van der Waals surface area contributed by atoms with Crippen molar-refractivity contribution in [1.29, 1.82) is 0 Å². The lowest BCUT2D eigenvalue weighted by Crippen LogP contribution is -2.53. The molecular weight excluding hydrogens is 377 g/mol. The second-order valence-electron chi connectivity index (χ2n) is 8.02. The van der Waals surface area contributed by atoms with Gasteiger partial charge in [-0.3, -0.25) is 9.79 Å². The molecule has 162 valence electrons. The summed E-state index contributed by atoms with van der Waals surface area (Å²) in [6, 6.07) is 6.95. The maximum Gasteiger partial charge on any atom is 0.225 e. The van der Waals surface area contributed by atoms with Gasteiger partial charge < -0.3 is 9.80 Å². The zero-order chi connectivity index (χ0) is 22.4. The van der Waals surface area contributed by atoms with Crippen LogP contribution < -0.4 is 0 Å². The van der Waals surface area contributed by atoms with Gasteiger partial charge in [-0.25, -0.2) is 4.39 Å². The topological polar surface area (TPSA) is 35.9 Å². The third-order valence-electron chi connectivity index (χ3n) is 5.59. The van der Waals surface area contributed by atoms with Crippen molar-refractivity contribution in [2.24, 2.45) is 10.9 Å². The van der Waals surface area contributed by atoms with E-state index in [0.29, 0.717) is 18.7 Å². The molecular formula is C25H34FN3O. The molecule has 1 aliphatic heterocycles. The van der Waals surface area contributed by atoms with Crippen LogP contribution in [0.25, 0.3) is 5.57 Å². The lowest BCUT2D eigenvalue weighted by Gasteiger charge is -2.43. The highest BCUT2D eigenvalue weighted by Crippen LogP contribution is 2.31. The standard InChI is InChI=1S/C25H34FN3O/c1-8-21(22-12-10-11-13-23(22)26)24(19(6)27-9-2)20(7)29-15-14-28(16-18(29)5)25(30)17(3)4/h8-13,17-18H,2,14-16H2,1,3-7H3/b21-8-,24-20-,27-19?. The van der Waals surface area contributed by atoms with E-state index in [9.17, 15) is 9.18 Å². The molecule has 1 fully saturated rings. The summed E-state index contributed by atoms with van der Waals surface area (Å²) in [5.41, 5.74) is 4.07. The lowest BCUT2D eigenvalue weighted by molar-refractivity contribution is -0.136. The molecule has 1 amide bonds. The van der Waals surface area contributed by atoms with Crippen molar-refractivity contribution in [3.63, 3.8) is 0 Å². The number of piperazine rings is 1. The van der Waals surface area contributed by atoms with Gasteiger partial charge in [0, 0.05) is 60.3 Å². The lowest BCUT2D eigenvalue weighted by atomic mass is 9.91. The average molecular weight is 412 g/mol. The van der Waals surface area contributed by atoms with Crippen molar-refractivity contribution >= 4 is 17.2 Å². The number of hydrogen-bond donors (Lipinski definition) is 0. The van der Waals surface area contributed by atoms with Gasteiger partial charge in [-0.2, -0.15) is 0 Å². The van der Waals surface area contributed by atoms with Crippen molar-refractivity contribution in [3.05, 3.63) is 65.8 Å². The molecule has 0 bridgehead atoms. The monoisotopic (exact) mass is 411 g/mol. The summed E-state index contributed by atoms with van der Waals surface area (Å²) in [5.74, 6) is -0.0791. The predicted octanol–water partition coefficient (Wildman–Crippen LogP) is 5.30. The molecule has 1 aliphatic rings. The smallest absolute Gasteiger partial charge is 0.225 e. The first-order chi connectivity index (χ1) is 14.2. The van der Waals surface area contributed by atoms with Crippen LogP contribution >= 0.6 is 0 Å². The Morgan fingerprint density at radius 3 is 2.47 bits per heavy atom. The number of allylic oxidation sites excluding steroid dienone is 4. The SMILES string of the molecule is C=CN=C(C)C(/C(=C\C)c1ccccc1F)=C(\C)N1CCN(C(=O)C(C)C)CC1C. The van der Waals surface area contributed by atoms with Crippen LogP contribution in [0.2, 0.25) is 0 Å². The molecule has 5 heteroatoms. The minimum absolute atomic E-state index is 0.00592. The number of amides is 1. The van der Waals surface area contributed by atoms with Crippen molar-refractivity contribution in [2.45, 2.75) is 47.6 Å². The third kappa shape index (κ3) is 5.07. The second kappa shape index (κ2) is 10.4. The maximum absolute atomic E-state index is 14.7. The Morgan fingerprint density at radius 2 is 1.93 bits per heavy atom. The van der Waals surface area contributed by atoms with Gasteiger partial charge in [0.05, 0.1) is 0 Å². The number of carbonyl (C=O) groups excluding carboxylic acids is 1. The molecule has 1 saturated heterocycles. The molecule has 0 spiro atoms. The van der Waals surface area contributed by atoms with Crippen LogP contribution in [-0.2, 0) is 4.79 Å². The van der Waals surface area contributed by atoms with Gasteiger partial charge in [0.2, 0.25) is 5.91 Å². The number of halogens is 1. The summed E-state index contributed by atoms with van der Waals surface area (Å²) >= 11 is 0. The Kier molecular flexibility index (Phi) is 8.16. The highest BCUT2D eigenvalue weighted by atomic mass is 19.1. The summed E-state index contributed by atoms with van der Waals surface area (Å²) in [6.45, 7) is 17.7. The Balaban J connectivity index is 2.50. The molecule has 0 saturated carbocycles. The fourth-order valence-electron chi connectivity index (χ4n) is 4.13. The molecule has 1 aromatic rings. The first kappa shape index (κ1) is 23.6. The van der Waals surface area contributed by atoms with Crippen LogP contribution in [0.4, 0.5) is 4.39 Å². The van der Waals surface area contributed by atoms with Gasteiger partial charge in [0.15, 0.2) is 0 Å². The quantitative estimate of drug-likeness (QED) is 0.471. The zero-order valence-electron chi connectivity index (χ0n) is 19.1. The van der Waals surface area contributed by atoms with Gasteiger partial charge in [-0.1, -0.05) is 44.7 Å². The number of benzene rings is 1. The molecule has 2 rings (SSSR count). The van der Waals surface area contributed by atoms with Crippen LogP contribution in [0, 0.1) is 11.7 Å². The fraction of sp³-hybridized carbons (Fsp3) is 0.440. The van der Waals surface area contributed by atoms with Crippen LogP contribution in [0.1, 0.15) is 47.1 Å². The number of aliphatic imine (C=N–C) groups is 1. The summed E-state index contributed by atoms with van der Waals surface area (Å²) in [7, 11) is 0.